The number of Topliss-reactive ketones (excluding diaryl/α,β-unsaturated/α-hetero) is 1. The molecule has 0 atom stereocenters. The summed E-state index contributed by atoms with van der Waals surface area (Å²) in [6.45, 7) is 0. The third kappa shape index (κ3) is 3.10. The predicted octanol–water partition coefficient (Wildman–Crippen LogP) is 2.52. The van der Waals surface area contributed by atoms with Gasteiger partial charge in [-0.15, -0.1) is 0 Å². The lowest BCUT2D eigenvalue weighted by Gasteiger charge is -2.04. The highest BCUT2D eigenvalue weighted by Crippen LogP contribution is 2.19. The largest absolute Gasteiger partial charge is 0.450 e. The summed E-state index contributed by atoms with van der Waals surface area (Å²) in [6, 6.07) is 2.75. The zero-order valence-electron chi connectivity index (χ0n) is 6.81. The van der Waals surface area contributed by atoms with Crippen LogP contribution in [0.3, 0.4) is 0 Å². The van der Waals surface area contributed by atoms with Gasteiger partial charge in [-0.1, -0.05) is 0 Å². The van der Waals surface area contributed by atoms with Crippen LogP contribution >= 0.6 is 15.9 Å². The highest BCUT2D eigenvalue weighted by Gasteiger charge is 2.37. The lowest BCUT2D eigenvalue weighted by atomic mass is 10.1. The maximum atomic E-state index is 11.9. The van der Waals surface area contributed by atoms with Crippen LogP contribution in [0.1, 0.15) is 5.56 Å². The lowest BCUT2D eigenvalue weighted by molar-refractivity contribution is -0.170. The molecule has 0 aliphatic heterocycles. The van der Waals surface area contributed by atoms with Crippen molar-refractivity contribution in [1.29, 1.82) is 0 Å². The molecule has 0 fully saturated rings. The Bertz CT molecular complexity index is 351. The Morgan fingerprint density at radius 2 is 2.14 bits per heavy atom. The molecule has 0 aliphatic carbocycles. The Kier molecular flexibility index (Phi) is 3.25. The van der Waals surface area contributed by atoms with E-state index >= 15 is 0 Å². The highest BCUT2D eigenvalue weighted by atomic mass is 79.9. The molecule has 0 amide bonds. The topological polar surface area (TPSA) is 30.0 Å². The maximum Gasteiger partial charge on any atom is 0.450 e. The van der Waals surface area contributed by atoms with Crippen molar-refractivity contribution in [3.8, 4) is 0 Å². The Balaban J connectivity index is 2.75. The Hall–Kier alpha value is -0.910. The Labute approximate surface area is 86.3 Å². The molecule has 6 heteroatoms. The van der Waals surface area contributed by atoms with Gasteiger partial charge >= 0.3 is 6.18 Å². The van der Waals surface area contributed by atoms with E-state index in [1.165, 1.54) is 18.3 Å². The molecule has 0 aliphatic rings. The summed E-state index contributed by atoms with van der Waals surface area (Å²) in [5.74, 6) is -1.75. The van der Waals surface area contributed by atoms with Gasteiger partial charge in [0.15, 0.2) is 0 Å². The average molecular weight is 268 g/mol. The van der Waals surface area contributed by atoms with Crippen molar-refractivity contribution in [2.75, 3.05) is 0 Å². The number of hydrogen-bond acceptors (Lipinski definition) is 2. The second-order valence-electron chi connectivity index (χ2n) is 2.58. The zero-order chi connectivity index (χ0) is 10.8. The van der Waals surface area contributed by atoms with E-state index in [1.807, 2.05) is 0 Å². The van der Waals surface area contributed by atoms with Crippen molar-refractivity contribution in [2.24, 2.45) is 0 Å². The molecule has 0 saturated carbocycles. The Morgan fingerprint density at radius 1 is 1.50 bits per heavy atom. The average Bonchev–Trinajstić information content (AvgIpc) is 2.02. The first-order valence-electron chi connectivity index (χ1n) is 3.60. The molecule has 0 radical (unpaired) electrons. The summed E-state index contributed by atoms with van der Waals surface area (Å²) in [6.07, 6.45) is -4.08. The number of nitrogens with zero attached hydrogens (tertiary/aromatic N) is 1. The summed E-state index contributed by atoms with van der Waals surface area (Å²) >= 11 is 3.00. The highest BCUT2D eigenvalue weighted by molar-refractivity contribution is 9.10. The molecular weight excluding hydrogens is 263 g/mol. The molecule has 0 unspecified atom stereocenters. The van der Waals surface area contributed by atoms with Crippen LogP contribution in [0.2, 0.25) is 0 Å². The fourth-order valence-electron chi connectivity index (χ4n) is 0.838. The molecule has 14 heavy (non-hydrogen) atoms. The first-order valence-corrected chi connectivity index (χ1v) is 4.39. The third-order valence-electron chi connectivity index (χ3n) is 1.47. The van der Waals surface area contributed by atoms with Crippen molar-refractivity contribution in [3.63, 3.8) is 0 Å². The van der Waals surface area contributed by atoms with E-state index in [4.69, 9.17) is 0 Å². The maximum absolute atomic E-state index is 11.9. The number of rotatable bonds is 2. The van der Waals surface area contributed by atoms with Crippen LogP contribution in [-0.2, 0) is 11.2 Å². The minimum absolute atomic E-state index is 0.286. The molecule has 1 aromatic rings. The zero-order valence-corrected chi connectivity index (χ0v) is 8.39. The van der Waals surface area contributed by atoms with Crippen molar-refractivity contribution in [1.82, 2.24) is 4.98 Å². The summed E-state index contributed by atoms with van der Waals surface area (Å²) in [5.41, 5.74) is 0.286. The van der Waals surface area contributed by atoms with Gasteiger partial charge < -0.3 is 0 Å². The normalized spacial score (nSPS) is 11.4. The fraction of sp³-hybridized carbons (Fsp3) is 0.250. The number of carbonyl (C=O) groups excluding carboxylic acids is 1. The molecule has 2 nitrogen and oxygen atoms in total. The van der Waals surface area contributed by atoms with Crippen LogP contribution < -0.4 is 0 Å². The second-order valence-corrected chi connectivity index (χ2v) is 3.40. The summed E-state index contributed by atoms with van der Waals surface area (Å²) in [5, 5.41) is 0. The van der Waals surface area contributed by atoms with Gasteiger partial charge in [-0.05, 0) is 33.6 Å². The number of halogens is 4. The minimum atomic E-state index is -4.77. The van der Waals surface area contributed by atoms with Gasteiger partial charge in [0.2, 0.25) is 5.78 Å². The van der Waals surface area contributed by atoms with Crippen molar-refractivity contribution in [3.05, 3.63) is 28.5 Å². The van der Waals surface area contributed by atoms with Crippen LogP contribution in [0.25, 0.3) is 0 Å². The van der Waals surface area contributed by atoms with Gasteiger partial charge in [0.1, 0.15) is 4.60 Å². The van der Waals surface area contributed by atoms with E-state index in [9.17, 15) is 18.0 Å². The number of ketones is 1. The van der Waals surface area contributed by atoms with Gasteiger partial charge in [0.05, 0.1) is 0 Å². The molecule has 0 N–H and O–H groups in total. The third-order valence-corrected chi connectivity index (χ3v) is 1.91. The van der Waals surface area contributed by atoms with Crippen LogP contribution in [0.4, 0.5) is 13.2 Å². The summed E-state index contributed by atoms with van der Waals surface area (Å²) in [4.78, 5) is 14.3. The summed E-state index contributed by atoms with van der Waals surface area (Å²) in [7, 11) is 0. The number of aromatic nitrogens is 1. The van der Waals surface area contributed by atoms with E-state index in [1.54, 1.807) is 0 Å². The molecule has 0 bridgehead atoms. The van der Waals surface area contributed by atoms with Crippen LogP contribution in [0, 0.1) is 0 Å². The monoisotopic (exact) mass is 267 g/mol. The number of pyridine rings is 1. The van der Waals surface area contributed by atoms with Crippen LogP contribution in [0.15, 0.2) is 22.9 Å². The molecule has 0 spiro atoms. The first kappa shape index (κ1) is 11.2. The van der Waals surface area contributed by atoms with E-state index in [0.29, 0.717) is 4.60 Å². The first-order chi connectivity index (χ1) is 6.39. The number of alkyl halides is 3. The molecule has 1 heterocycles. The van der Waals surface area contributed by atoms with Crippen LogP contribution in [0.5, 0.6) is 0 Å². The van der Waals surface area contributed by atoms with Crippen molar-refractivity contribution >= 4 is 21.7 Å². The van der Waals surface area contributed by atoms with E-state index in [2.05, 4.69) is 20.9 Å². The standard InChI is InChI=1S/C8H5BrF3NO/c9-7-4-5(1-2-13-7)3-6(14)8(10,11)12/h1-2,4H,3H2. The molecule has 1 aromatic heterocycles. The van der Waals surface area contributed by atoms with Gasteiger partial charge in [0.25, 0.3) is 0 Å². The summed E-state index contributed by atoms with van der Waals surface area (Å²) < 4.78 is 36.0. The fourth-order valence-corrected chi connectivity index (χ4v) is 1.25. The Morgan fingerprint density at radius 3 is 2.64 bits per heavy atom. The molecule has 0 saturated heterocycles. The van der Waals surface area contributed by atoms with Gasteiger partial charge in [0, 0.05) is 12.6 Å². The number of hydrogen-bond donors (Lipinski definition) is 0. The smallest absolute Gasteiger partial charge is 0.289 e. The quantitative estimate of drug-likeness (QED) is 0.771. The van der Waals surface area contributed by atoms with Crippen molar-refractivity contribution in [2.45, 2.75) is 12.6 Å². The number of carbonyl (C=O) groups is 1. The van der Waals surface area contributed by atoms with Gasteiger partial charge in [-0.2, -0.15) is 13.2 Å². The molecular formula is C8H5BrF3NO. The molecule has 1 rings (SSSR count). The van der Waals surface area contributed by atoms with Gasteiger partial charge in [-0.25, -0.2) is 4.98 Å². The second kappa shape index (κ2) is 4.08. The van der Waals surface area contributed by atoms with E-state index in [0.717, 1.165) is 0 Å². The molecule has 0 aromatic carbocycles. The van der Waals surface area contributed by atoms with E-state index < -0.39 is 18.4 Å². The SMILES string of the molecule is O=C(Cc1ccnc(Br)c1)C(F)(F)F. The lowest BCUT2D eigenvalue weighted by Crippen LogP contribution is -2.24. The van der Waals surface area contributed by atoms with Gasteiger partial charge in [-0.3, -0.25) is 4.79 Å². The minimum Gasteiger partial charge on any atom is -0.289 e. The van der Waals surface area contributed by atoms with Crippen LogP contribution in [-0.4, -0.2) is 16.9 Å². The van der Waals surface area contributed by atoms with Crippen molar-refractivity contribution < 1.29 is 18.0 Å². The predicted molar refractivity (Wildman–Crippen MR) is 46.7 cm³/mol. The molecule has 76 valence electrons. The van der Waals surface area contributed by atoms with E-state index in [-0.39, 0.29) is 5.56 Å².